The minimum Gasteiger partial charge on any atom is -0.455 e. The number of hydrogen-bond acceptors (Lipinski definition) is 4. The Kier molecular flexibility index (Phi) is 5.17. The average Bonchev–Trinajstić information content (AvgIpc) is 3.96. The topological polar surface area (TPSA) is 26.3 Å². The highest BCUT2D eigenvalue weighted by Gasteiger charge is 2.32. The molecule has 52 heavy (non-hydrogen) atoms. The Morgan fingerprint density at radius 2 is 0.673 bits per heavy atom. The van der Waals surface area contributed by atoms with E-state index in [9.17, 15) is 0 Å². The second-order valence-corrected chi connectivity index (χ2v) is 16.0. The molecule has 13 rings (SSSR count). The summed E-state index contributed by atoms with van der Waals surface area (Å²) >= 11 is 3.73. The lowest BCUT2D eigenvalue weighted by molar-refractivity contribution is 0.669. The van der Waals surface area contributed by atoms with Crippen LogP contribution in [0.25, 0.3) is 129 Å². The van der Waals surface area contributed by atoms with E-state index >= 15 is 0 Å². The molecule has 4 aromatic heterocycles. The summed E-state index contributed by atoms with van der Waals surface area (Å²) in [5.74, 6) is 0. The third-order valence-electron chi connectivity index (χ3n) is 11.3. The van der Waals surface area contributed by atoms with Gasteiger partial charge in [0.2, 0.25) is 0 Å². The summed E-state index contributed by atoms with van der Waals surface area (Å²) < 4.78 is 19.1. The summed E-state index contributed by atoms with van der Waals surface area (Å²) in [5, 5.41) is 9.62. The second-order valence-electron chi connectivity index (χ2n) is 13.8. The summed E-state index contributed by atoms with van der Waals surface area (Å²) in [5.41, 5.74) is 13.1. The molecule has 0 saturated heterocycles. The quantitative estimate of drug-likeness (QED) is 0.158. The van der Waals surface area contributed by atoms with Gasteiger partial charge in [0.15, 0.2) is 0 Å². The van der Waals surface area contributed by atoms with Crippen LogP contribution in [-0.4, -0.2) is 0 Å². The van der Waals surface area contributed by atoms with Crippen LogP contribution in [0.5, 0.6) is 0 Å². The van der Waals surface area contributed by atoms with Crippen molar-refractivity contribution in [2.75, 3.05) is 0 Å². The maximum atomic E-state index is 6.98. The number of thiophene rings is 2. The van der Waals surface area contributed by atoms with Crippen LogP contribution in [0.2, 0.25) is 0 Å². The Hall–Kier alpha value is -6.20. The Labute approximate surface area is 304 Å². The van der Waals surface area contributed by atoms with E-state index in [1.807, 2.05) is 22.7 Å². The van der Waals surface area contributed by atoms with Gasteiger partial charge in [0.05, 0.1) is 0 Å². The molecule has 0 spiro atoms. The number of para-hydroxylation sites is 2. The van der Waals surface area contributed by atoms with E-state index in [-0.39, 0.29) is 0 Å². The van der Waals surface area contributed by atoms with Crippen molar-refractivity contribution in [3.8, 4) is 44.5 Å². The predicted octanol–water partition coefficient (Wildman–Crippen LogP) is 15.2. The minimum absolute atomic E-state index is 0.900. The van der Waals surface area contributed by atoms with Crippen LogP contribution in [0, 0.1) is 0 Å². The van der Waals surface area contributed by atoms with Crippen LogP contribution in [0.3, 0.4) is 0 Å². The Balaban J connectivity index is 1.34. The van der Waals surface area contributed by atoms with Crippen LogP contribution in [0.1, 0.15) is 0 Å². The summed E-state index contributed by atoms with van der Waals surface area (Å²) in [7, 11) is 0. The molecule has 0 atom stereocenters. The molecule has 1 aliphatic rings. The van der Waals surface area contributed by atoms with Gasteiger partial charge in [-0.1, -0.05) is 97.1 Å². The van der Waals surface area contributed by atoms with Gasteiger partial charge in [0, 0.05) is 84.1 Å². The minimum atomic E-state index is 0.900. The average molecular weight is 697 g/mol. The zero-order valence-electron chi connectivity index (χ0n) is 27.5. The van der Waals surface area contributed by atoms with Crippen molar-refractivity contribution in [2.45, 2.75) is 0 Å². The fraction of sp³-hybridized carbons (Fsp3) is 0. The van der Waals surface area contributed by atoms with E-state index in [1.165, 1.54) is 62.6 Å². The van der Waals surface area contributed by atoms with Crippen molar-refractivity contribution < 1.29 is 8.83 Å². The van der Waals surface area contributed by atoms with E-state index in [0.717, 1.165) is 66.1 Å². The van der Waals surface area contributed by atoms with Gasteiger partial charge >= 0.3 is 0 Å². The van der Waals surface area contributed by atoms with Crippen LogP contribution in [-0.2, 0) is 0 Å². The summed E-state index contributed by atoms with van der Waals surface area (Å²) in [6.07, 6.45) is 0. The van der Waals surface area contributed by atoms with Crippen LogP contribution >= 0.6 is 22.7 Å². The Morgan fingerprint density at radius 3 is 1.15 bits per heavy atom. The molecule has 240 valence electrons. The molecule has 4 heteroatoms. The first-order valence-corrected chi connectivity index (χ1v) is 19.2. The second kappa shape index (κ2) is 9.77. The van der Waals surface area contributed by atoms with Gasteiger partial charge < -0.3 is 8.83 Å². The first-order valence-electron chi connectivity index (χ1n) is 17.6. The van der Waals surface area contributed by atoms with Crippen molar-refractivity contribution >= 4 is 107 Å². The van der Waals surface area contributed by atoms with Crippen LogP contribution in [0.4, 0.5) is 0 Å². The molecule has 0 N–H and O–H groups in total. The lowest BCUT2D eigenvalue weighted by atomic mass is 9.77. The molecule has 2 nitrogen and oxygen atoms in total. The fourth-order valence-electron chi connectivity index (χ4n) is 9.12. The first kappa shape index (κ1) is 27.5. The number of benzene rings is 8. The van der Waals surface area contributed by atoms with Crippen molar-refractivity contribution in [2.24, 2.45) is 0 Å². The molecular weight excluding hydrogens is 673 g/mol. The standard InChI is InChI=1S/C48H24O2S2/c1-5-13-35-25(9-1)31-19-17-29-30-18-20-32-26-10-2-6-14-36(26)50-48(32)46(30)44-28(22-24-40-42(44)34-12-4-8-16-38(34)52-40)27-21-23-39-41(43(27)45(29)47(31)49-35)33-11-3-7-15-37(33)51-39/h1-24H. The fourth-order valence-corrected chi connectivity index (χ4v) is 11.4. The van der Waals surface area contributed by atoms with Crippen molar-refractivity contribution in [1.82, 2.24) is 0 Å². The number of fused-ring (bicyclic) bond motifs is 24. The zero-order valence-corrected chi connectivity index (χ0v) is 29.1. The van der Waals surface area contributed by atoms with Gasteiger partial charge in [-0.05, 0) is 70.8 Å². The van der Waals surface area contributed by atoms with Crippen LogP contribution < -0.4 is 0 Å². The maximum Gasteiger partial charge on any atom is 0.143 e. The monoisotopic (exact) mass is 696 g/mol. The van der Waals surface area contributed by atoms with Crippen LogP contribution in [0.15, 0.2) is 154 Å². The molecule has 0 fully saturated rings. The molecular formula is C48H24O2S2. The summed E-state index contributed by atoms with van der Waals surface area (Å²) in [6, 6.07) is 53.2. The highest BCUT2D eigenvalue weighted by molar-refractivity contribution is 7.26. The van der Waals surface area contributed by atoms with E-state index in [4.69, 9.17) is 8.83 Å². The zero-order chi connectivity index (χ0) is 33.7. The van der Waals surface area contributed by atoms with Crippen molar-refractivity contribution in [1.29, 1.82) is 0 Å². The van der Waals surface area contributed by atoms with Gasteiger partial charge in [-0.2, -0.15) is 0 Å². The Morgan fingerprint density at radius 1 is 0.288 bits per heavy atom. The molecule has 0 saturated carbocycles. The smallest absolute Gasteiger partial charge is 0.143 e. The molecule has 4 heterocycles. The summed E-state index contributed by atoms with van der Waals surface area (Å²) in [4.78, 5) is 0. The van der Waals surface area contributed by atoms with Crippen molar-refractivity contribution in [3.05, 3.63) is 146 Å². The molecule has 1 aliphatic carbocycles. The lowest BCUT2D eigenvalue weighted by Crippen LogP contribution is -1.99. The normalized spacial score (nSPS) is 12.6. The lowest BCUT2D eigenvalue weighted by Gasteiger charge is -2.25. The Bertz CT molecular complexity index is 3300. The van der Waals surface area contributed by atoms with E-state index in [0.29, 0.717) is 0 Å². The molecule has 0 amide bonds. The molecule has 0 unspecified atom stereocenters. The third kappa shape index (κ3) is 3.39. The maximum absolute atomic E-state index is 6.98. The van der Waals surface area contributed by atoms with Gasteiger partial charge in [0.25, 0.3) is 0 Å². The molecule has 0 aliphatic heterocycles. The van der Waals surface area contributed by atoms with Gasteiger partial charge in [-0.25, -0.2) is 0 Å². The molecule has 0 bridgehead atoms. The number of hydrogen-bond donors (Lipinski definition) is 0. The third-order valence-corrected chi connectivity index (χ3v) is 13.5. The molecule has 0 radical (unpaired) electrons. The highest BCUT2D eigenvalue weighted by atomic mass is 32.1. The highest BCUT2D eigenvalue weighted by Crippen LogP contribution is 2.58. The predicted molar refractivity (Wildman–Crippen MR) is 222 cm³/mol. The van der Waals surface area contributed by atoms with Gasteiger partial charge in [-0.3, -0.25) is 0 Å². The molecule has 12 aromatic rings. The number of furan rings is 2. The summed E-state index contributed by atoms with van der Waals surface area (Å²) in [6.45, 7) is 0. The van der Waals surface area contributed by atoms with E-state index in [1.54, 1.807) is 0 Å². The first-order chi connectivity index (χ1) is 25.8. The van der Waals surface area contributed by atoms with Crippen molar-refractivity contribution in [3.63, 3.8) is 0 Å². The number of rotatable bonds is 0. The van der Waals surface area contributed by atoms with Gasteiger partial charge in [0.1, 0.15) is 22.3 Å². The largest absolute Gasteiger partial charge is 0.455 e. The van der Waals surface area contributed by atoms with E-state index in [2.05, 4.69) is 146 Å². The van der Waals surface area contributed by atoms with Gasteiger partial charge in [-0.15, -0.1) is 22.7 Å². The molecule has 8 aromatic carbocycles. The van der Waals surface area contributed by atoms with E-state index < -0.39 is 0 Å². The SMILES string of the molecule is c1ccc2c(c1)oc1c3c(ccc12)-c1ccc2c(oc4ccccc42)c1-c1c(ccc2sc4ccccc4c12)-c1ccc2sc4ccccc4c2c1-3.